The van der Waals surface area contributed by atoms with Crippen LogP contribution in [0.4, 0.5) is 0 Å². The molecular weight excluding hydrogens is 604 g/mol. The lowest BCUT2D eigenvalue weighted by Crippen LogP contribution is -2.69. The molecule has 4 rings (SSSR count). The van der Waals surface area contributed by atoms with E-state index in [4.69, 9.17) is 4.74 Å². The van der Waals surface area contributed by atoms with E-state index in [-0.39, 0.29) is 41.2 Å². The Bertz CT molecular complexity index is 1670. The van der Waals surface area contributed by atoms with Crippen molar-refractivity contribution in [2.24, 2.45) is 28.1 Å². The predicted molar refractivity (Wildman–Crippen MR) is 203 cm³/mol. The molecule has 1 saturated heterocycles. The van der Waals surface area contributed by atoms with E-state index in [9.17, 15) is 0 Å². The zero-order chi connectivity index (χ0) is 36.7. The van der Waals surface area contributed by atoms with E-state index in [1.165, 1.54) is 11.1 Å². The van der Waals surface area contributed by atoms with Crippen LogP contribution in [0.15, 0.2) is 83.7 Å². The molecule has 1 aromatic rings. The molecule has 2 bridgehead atoms. The van der Waals surface area contributed by atoms with Gasteiger partial charge in [-0.1, -0.05) is 80.5 Å². The summed E-state index contributed by atoms with van der Waals surface area (Å²) >= 11 is 0. The van der Waals surface area contributed by atoms with Gasteiger partial charge in [0.25, 0.3) is 0 Å². The van der Waals surface area contributed by atoms with Crippen LogP contribution in [0.2, 0.25) is 0 Å². The number of carbonyl (C=O) groups is 3. The molecule has 1 heterocycles. The molecule has 4 heteroatoms. The zero-order valence-electron chi connectivity index (χ0n) is 32.2. The van der Waals surface area contributed by atoms with Crippen LogP contribution in [-0.2, 0) is 20.7 Å². The molecule has 0 N–H and O–H groups in total. The summed E-state index contributed by atoms with van der Waals surface area (Å²) in [5, 5.41) is 0. The lowest BCUT2D eigenvalue weighted by molar-refractivity contribution is -0.188. The third-order valence-electron chi connectivity index (χ3n) is 12.0. The van der Waals surface area contributed by atoms with Gasteiger partial charge >= 0.3 is 0 Å². The fourth-order valence-electron chi connectivity index (χ4n) is 8.65. The first-order valence-electron chi connectivity index (χ1n) is 18.2. The Hall–Kier alpha value is -3.53. The SMILES string of the molecule is C=CCc1cc(C(=O)C2=C3OC(C)(C)[C@@H](CC=C(C)C)C[C@@]34C[C@@H](CC=C(C)C)C(C)(C)[C@@](CC=C(C)C)(C2=O)C4=O)ccc1C(=C)CC. The average molecular weight is 665 g/mol. The molecule has 0 aromatic heterocycles. The Morgan fingerprint density at radius 3 is 2.02 bits per heavy atom. The van der Waals surface area contributed by atoms with Gasteiger partial charge in [-0.15, -0.1) is 6.58 Å². The van der Waals surface area contributed by atoms with Gasteiger partial charge in [0.2, 0.25) is 0 Å². The van der Waals surface area contributed by atoms with E-state index in [0.29, 0.717) is 30.6 Å². The van der Waals surface area contributed by atoms with E-state index in [0.717, 1.165) is 41.5 Å². The smallest absolute Gasteiger partial charge is 0.200 e. The fraction of sp³-hybridized carbons (Fsp3) is 0.533. The van der Waals surface area contributed by atoms with Crippen LogP contribution < -0.4 is 0 Å². The van der Waals surface area contributed by atoms with Crippen molar-refractivity contribution >= 4 is 22.9 Å². The van der Waals surface area contributed by atoms with Crippen LogP contribution in [0.1, 0.15) is 136 Å². The van der Waals surface area contributed by atoms with E-state index in [1.807, 2.05) is 58.0 Å². The number of ether oxygens (including phenoxy) is 1. The average Bonchev–Trinajstić information content (AvgIpc) is 3.01. The van der Waals surface area contributed by atoms with E-state index in [2.05, 4.69) is 73.8 Å². The first kappa shape index (κ1) is 38.3. The summed E-state index contributed by atoms with van der Waals surface area (Å²) in [5.41, 5.74) is 2.96. The molecule has 264 valence electrons. The number of hydrogen-bond acceptors (Lipinski definition) is 4. The molecular formula is C45H60O4. The van der Waals surface area contributed by atoms with Crippen molar-refractivity contribution in [3.8, 4) is 0 Å². The van der Waals surface area contributed by atoms with Gasteiger partial charge in [0.15, 0.2) is 17.3 Å². The largest absolute Gasteiger partial charge is 0.490 e. The second kappa shape index (κ2) is 14.0. The summed E-state index contributed by atoms with van der Waals surface area (Å²) < 4.78 is 6.99. The highest BCUT2D eigenvalue weighted by molar-refractivity contribution is 6.35. The van der Waals surface area contributed by atoms with Crippen molar-refractivity contribution < 1.29 is 19.1 Å². The van der Waals surface area contributed by atoms with Crippen molar-refractivity contribution in [2.75, 3.05) is 0 Å². The van der Waals surface area contributed by atoms with Crippen LogP contribution >= 0.6 is 0 Å². The highest BCUT2D eigenvalue weighted by Gasteiger charge is 2.74. The molecule has 4 nitrogen and oxygen atoms in total. The Morgan fingerprint density at radius 2 is 1.47 bits per heavy atom. The summed E-state index contributed by atoms with van der Waals surface area (Å²) in [4.78, 5) is 46.1. The van der Waals surface area contributed by atoms with Gasteiger partial charge in [0.1, 0.15) is 22.3 Å². The molecule has 49 heavy (non-hydrogen) atoms. The lowest BCUT2D eigenvalue weighted by atomic mass is 9.39. The minimum absolute atomic E-state index is 0.0182. The zero-order valence-corrected chi connectivity index (χ0v) is 32.2. The summed E-state index contributed by atoms with van der Waals surface area (Å²) in [6, 6.07) is 5.64. The van der Waals surface area contributed by atoms with E-state index >= 15 is 14.4 Å². The second-order valence-electron chi connectivity index (χ2n) is 16.8. The third-order valence-corrected chi connectivity index (χ3v) is 12.0. The topological polar surface area (TPSA) is 60.4 Å². The molecule has 1 saturated carbocycles. The van der Waals surface area contributed by atoms with Crippen molar-refractivity contribution in [3.63, 3.8) is 0 Å². The molecule has 2 aliphatic carbocycles. The Kier molecular flexibility index (Phi) is 10.9. The van der Waals surface area contributed by atoms with Gasteiger partial charge < -0.3 is 4.74 Å². The molecule has 1 aromatic carbocycles. The number of carbonyl (C=O) groups excluding carboxylic acids is 3. The number of hydrogen-bond donors (Lipinski definition) is 0. The number of Topliss-reactive ketones (excluding diaryl/α,β-unsaturated/α-hetero) is 3. The van der Waals surface area contributed by atoms with Crippen LogP contribution in [0, 0.1) is 28.1 Å². The number of ketones is 3. The Morgan fingerprint density at radius 1 is 0.898 bits per heavy atom. The summed E-state index contributed by atoms with van der Waals surface area (Å²) in [6.07, 6.45) is 12.5. The second-order valence-corrected chi connectivity index (χ2v) is 16.8. The maximum Gasteiger partial charge on any atom is 0.200 e. The predicted octanol–water partition coefficient (Wildman–Crippen LogP) is 11.3. The quantitative estimate of drug-likeness (QED) is 0.0965. The van der Waals surface area contributed by atoms with Crippen LogP contribution in [0.3, 0.4) is 0 Å². The number of benzene rings is 1. The minimum atomic E-state index is -1.41. The van der Waals surface area contributed by atoms with Crippen LogP contribution in [0.25, 0.3) is 5.57 Å². The third kappa shape index (κ3) is 6.57. The molecule has 2 fully saturated rings. The van der Waals surface area contributed by atoms with Crippen molar-refractivity contribution in [1.82, 2.24) is 0 Å². The first-order chi connectivity index (χ1) is 22.8. The van der Waals surface area contributed by atoms with Gasteiger partial charge in [0.05, 0.1) is 5.41 Å². The normalized spacial score (nSPS) is 26.6. The van der Waals surface area contributed by atoms with Crippen LogP contribution in [0.5, 0.6) is 0 Å². The number of allylic oxidation sites excluding steroid dienone is 10. The van der Waals surface area contributed by atoms with Crippen LogP contribution in [-0.4, -0.2) is 23.0 Å². The highest BCUT2D eigenvalue weighted by Crippen LogP contribution is 2.69. The monoisotopic (exact) mass is 664 g/mol. The number of fused-ring (bicyclic) bond motifs is 1. The summed E-state index contributed by atoms with van der Waals surface area (Å²) in [7, 11) is 0. The van der Waals surface area contributed by atoms with Gasteiger partial charge in [-0.2, -0.15) is 0 Å². The first-order valence-corrected chi connectivity index (χ1v) is 18.2. The summed E-state index contributed by atoms with van der Waals surface area (Å²) in [5.74, 6) is -0.466. The van der Waals surface area contributed by atoms with E-state index < -0.39 is 21.8 Å². The maximum absolute atomic E-state index is 15.6. The van der Waals surface area contributed by atoms with Crippen molar-refractivity contribution in [2.45, 2.75) is 127 Å². The van der Waals surface area contributed by atoms with E-state index in [1.54, 1.807) is 0 Å². The molecule has 1 aliphatic heterocycles. The summed E-state index contributed by atoms with van der Waals surface area (Å²) in [6.45, 7) is 30.9. The molecule has 0 radical (unpaired) electrons. The van der Waals surface area contributed by atoms with Gasteiger partial charge in [-0.05, 0) is 134 Å². The van der Waals surface area contributed by atoms with Gasteiger partial charge in [0, 0.05) is 11.5 Å². The molecule has 0 unspecified atom stereocenters. The Labute approximate surface area is 296 Å². The van der Waals surface area contributed by atoms with Crippen molar-refractivity contribution in [3.05, 3.63) is 100 Å². The highest BCUT2D eigenvalue weighted by atomic mass is 16.5. The fourth-order valence-corrected chi connectivity index (χ4v) is 8.65. The van der Waals surface area contributed by atoms with Crippen molar-refractivity contribution in [1.29, 1.82) is 0 Å². The standard InChI is InChI=1S/C45H60O4/c1-14-16-32-25-33(19-22-36(32)31(9)15-2)38(46)37-39(47)45(24-23-30(7)8)41(48)44(26-34(42(45,10)11)20-17-28(3)4)27-35(21-18-29(5)6)43(12,13)49-40(37)44/h14,17-19,22-23,25,34-35H,1,9,15-16,20-21,24,26-27H2,2-8,10-13H3/t34-,35+,44+,45+/m1/s1. The van der Waals surface area contributed by atoms with Gasteiger partial charge in [-0.3, -0.25) is 14.4 Å². The molecule has 0 amide bonds. The maximum atomic E-state index is 15.6. The minimum Gasteiger partial charge on any atom is -0.490 e. The molecule has 3 aliphatic rings. The Balaban J connectivity index is 2.10. The lowest BCUT2D eigenvalue weighted by Gasteiger charge is -2.64. The molecule has 4 atom stereocenters. The molecule has 1 spiro atoms. The number of rotatable bonds is 12. The van der Waals surface area contributed by atoms with Gasteiger partial charge in [-0.25, -0.2) is 0 Å².